The minimum Gasteiger partial charge on any atom is -0.250 e. The smallest absolute Gasteiger partial charge is 0.250 e. The van der Waals surface area contributed by atoms with Crippen LogP contribution in [-0.2, 0) is 12.8 Å². The number of fused-ring (bicyclic) bond motifs is 5. The number of hydrogen-bond donors (Lipinski definition) is 0. The van der Waals surface area contributed by atoms with Crippen LogP contribution in [0.5, 0.6) is 0 Å². The van der Waals surface area contributed by atoms with E-state index < -0.39 is 11.9 Å². The number of halogens is 4. The van der Waals surface area contributed by atoms with Gasteiger partial charge in [0.2, 0.25) is 5.82 Å². The molecule has 178 valence electrons. The molecule has 0 aliphatic rings. The van der Waals surface area contributed by atoms with Gasteiger partial charge < -0.3 is 0 Å². The Hall–Kier alpha value is -3.39. The topological polar surface area (TPSA) is 91.6 Å². The maximum atomic E-state index is 13.3. The number of alkyl halides is 3. The summed E-state index contributed by atoms with van der Waals surface area (Å²) in [5.41, 5.74) is 3.00. The van der Waals surface area contributed by atoms with Crippen molar-refractivity contribution in [3.63, 3.8) is 0 Å². The molecule has 0 saturated carbocycles. The molecule has 6 aromatic rings. The van der Waals surface area contributed by atoms with Crippen LogP contribution in [0, 0.1) is 20.8 Å². The lowest BCUT2D eigenvalue weighted by Crippen LogP contribution is -2.11. The summed E-state index contributed by atoms with van der Waals surface area (Å²) in [6, 6.07) is 2.84. The molecule has 9 nitrogen and oxygen atoms in total. The molecule has 14 heteroatoms. The third kappa shape index (κ3) is 3.50. The second kappa shape index (κ2) is 7.55. The Morgan fingerprint density at radius 3 is 2.60 bits per heavy atom. The van der Waals surface area contributed by atoms with Crippen LogP contribution in [0.1, 0.15) is 22.6 Å². The predicted octanol–water partition coefficient (Wildman–Crippen LogP) is 5.16. The van der Waals surface area contributed by atoms with Gasteiger partial charge in [0.05, 0.1) is 21.4 Å². The highest BCUT2D eigenvalue weighted by atomic mass is 79.9. The second-order valence-corrected chi connectivity index (χ2v) is 9.89. The van der Waals surface area contributed by atoms with Crippen LogP contribution in [0.2, 0.25) is 0 Å². The van der Waals surface area contributed by atoms with Crippen LogP contribution in [-0.4, -0.2) is 44.1 Å². The zero-order valence-electron chi connectivity index (χ0n) is 18.5. The van der Waals surface area contributed by atoms with Gasteiger partial charge in [0, 0.05) is 11.6 Å². The first-order chi connectivity index (χ1) is 16.6. The molecule has 0 bridgehead atoms. The molecule has 0 amide bonds. The summed E-state index contributed by atoms with van der Waals surface area (Å²) >= 11 is 4.64. The molecule has 0 atom stereocenters. The number of aromatic nitrogens is 9. The number of pyridine rings is 1. The van der Waals surface area contributed by atoms with Crippen molar-refractivity contribution in [2.24, 2.45) is 0 Å². The molecular formula is C21H15BrF3N9S. The maximum Gasteiger partial charge on any atom is 0.433 e. The number of hydrogen-bond acceptors (Lipinski definition) is 7. The normalized spacial score (nSPS) is 12.5. The Kier molecular flexibility index (Phi) is 4.77. The van der Waals surface area contributed by atoms with Gasteiger partial charge in [0.1, 0.15) is 33.9 Å². The van der Waals surface area contributed by atoms with Gasteiger partial charge in [-0.25, -0.2) is 24.1 Å². The third-order valence-corrected chi connectivity index (χ3v) is 7.91. The molecule has 0 fully saturated rings. The maximum absolute atomic E-state index is 13.3. The Morgan fingerprint density at radius 1 is 1.09 bits per heavy atom. The standard InChI is InChI=1S/C21H15BrF3N9S/c1-9-6-13(21(23,24)25)27-20-14(9)16-17(35-20)19-28-18(31-33(19)7-26-16)12-4-5-32(30-12)8-34-11(3)15(22)10(2)29-34/h4-7H,8H2,1-3H3. The van der Waals surface area contributed by atoms with E-state index in [1.54, 1.807) is 17.7 Å². The molecule has 0 unspecified atom stereocenters. The Bertz CT molecular complexity index is 1780. The minimum atomic E-state index is -4.53. The van der Waals surface area contributed by atoms with Crippen LogP contribution in [0.15, 0.2) is 29.1 Å². The number of aryl methyl sites for hydroxylation is 2. The van der Waals surface area contributed by atoms with Crippen LogP contribution in [0.4, 0.5) is 13.2 Å². The quantitative estimate of drug-likeness (QED) is 0.296. The highest BCUT2D eigenvalue weighted by molar-refractivity contribution is 9.10. The molecule has 6 aromatic heterocycles. The van der Waals surface area contributed by atoms with E-state index in [1.807, 2.05) is 24.7 Å². The fourth-order valence-electron chi connectivity index (χ4n) is 3.97. The van der Waals surface area contributed by atoms with Gasteiger partial charge in [-0.1, -0.05) is 0 Å². The highest BCUT2D eigenvalue weighted by Gasteiger charge is 2.33. The van der Waals surface area contributed by atoms with E-state index in [-0.39, 0.29) is 4.83 Å². The first-order valence-corrected chi connectivity index (χ1v) is 12.0. The Labute approximate surface area is 207 Å². The molecule has 0 aliphatic heterocycles. The lowest BCUT2D eigenvalue weighted by atomic mass is 10.1. The molecule has 0 spiro atoms. The highest BCUT2D eigenvalue weighted by Crippen LogP contribution is 2.38. The van der Waals surface area contributed by atoms with Crippen LogP contribution < -0.4 is 0 Å². The fourth-order valence-corrected chi connectivity index (χ4v) is 5.44. The van der Waals surface area contributed by atoms with Gasteiger partial charge in [-0.2, -0.15) is 23.4 Å². The zero-order valence-corrected chi connectivity index (χ0v) is 20.9. The summed E-state index contributed by atoms with van der Waals surface area (Å²) in [6.07, 6.45) is -1.21. The summed E-state index contributed by atoms with van der Waals surface area (Å²) < 4.78 is 46.4. The molecule has 6 heterocycles. The summed E-state index contributed by atoms with van der Waals surface area (Å²) in [5.74, 6) is 0.380. The van der Waals surface area contributed by atoms with Crippen molar-refractivity contribution in [3.05, 3.63) is 51.8 Å². The monoisotopic (exact) mass is 561 g/mol. The molecule has 0 aromatic carbocycles. The van der Waals surface area contributed by atoms with E-state index in [0.717, 1.165) is 33.3 Å². The minimum absolute atomic E-state index is 0.262. The van der Waals surface area contributed by atoms with E-state index in [9.17, 15) is 13.2 Å². The van der Waals surface area contributed by atoms with E-state index in [4.69, 9.17) is 0 Å². The van der Waals surface area contributed by atoms with Gasteiger partial charge in [0.25, 0.3) is 0 Å². The van der Waals surface area contributed by atoms with Crippen molar-refractivity contribution < 1.29 is 13.2 Å². The van der Waals surface area contributed by atoms with E-state index >= 15 is 0 Å². The fraction of sp³-hybridized carbons (Fsp3) is 0.238. The molecule has 0 radical (unpaired) electrons. The molecule has 0 saturated heterocycles. The number of thiophene rings is 1. The molecule has 0 N–H and O–H groups in total. The lowest BCUT2D eigenvalue weighted by molar-refractivity contribution is -0.141. The first kappa shape index (κ1) is 22.1. The van der Waals surface area contributed by atoms with Gasteiger partial charge in [-0.3, -0.25) is 4.68 Å². The average Bonchev–Trinajstić information content (AvgIpc) is 3.55. The Morgan fingerprint density at radius 2 is 1.89 bits per heavy atom. The summed E-state index contributed by atoms with van der Waals surface area (Å²) in [6.45, 7) is 5.93. The zero-order chi connectivity index (χ0) is 24.6. The molecular weight excluding hydrogens is 547 g/mol. The van der Waals surface area contributed by atoms with Crippen LogP contribution >= 0.6 is 27.3 Å². The number of nitrogens with zero attached hydrogens (tertiary/aromatic N) is 9. The van der Waals surface area contributed by atoms with Gasteiger partial charge in [-0.15, -0.1) is 16.4 Å². The van der Waals surface area contributed by atoms with Gasteiger partial charge in [-0.05, 0) is 54.4 Å². The van der Waals surface area contributed by atoms with E-state index in [0.29, 0.717) is 45.0 Å². The summed E-state index contributed by atoms with van der Waals surface area (Å²) in [7, 11) is 0. The third-order valence-electron chi connectivity index (χ3n) is 5.70. The SMILES string of the molecule is Cc1nn(Cn2ccc(-c3nc4c5sc6nc(C(F)(F)F)cc(C)c6c5ncn4n3)n2)c(C)c1Br. The van der Waals surface area contributed by atoms with Crippen molar-refractivity contribution in [1.29, 1.82) is 0 Å². The summed E-state index contributed by atoms with van der Waals surface area (Å²) in [5, 5.41) is 14.1. The van der Waals surface area contributed by atoms with Crippen molar-refractivity contribution in [3.8, 4) is 11.5 Å². The van der Waals surface area contributed by atoms with Crippen molar-refractivity contribution >= 4 is 53.3 Å². The van der Waals surface area contributed by atoms with Gasteiger partial charge in [0.15, 0.2) is 5.65 Å². The molecule has 0 aliphatic carbocycles. The van der Waals surface area contributed by atoms with Crippen molar-refractivity contribution in [1.82, 2.24) is 44.1 Å². The van der Waals surface area contributed by atoms with E-state index in [1.165, 1.54) is 10.8 Å². The largest absolute Gasteiger partial charge is 0.433 e. The Balaban J connectivity index is 1.42. The number of rotatable bonds is 3. The lowest BCUT2D eigenvalue weighted by Gasteiger charge is -2.06. The van der Waals surface area contributed by atoms with Crippen molar-refractivity contribution in [2.75, 3.05) is 0 Å². The molecule has 35 heavy (non-hydrogen) atoms. The van der Waals surface area contributed by atoms with Crippen molar-refractivity contribution in [2.45, 2.75) is 33.6 Å². The van der Waals surface area contributed by atoms with E-state index in [2.05, 4.69) is 46.2 Å². The summed E-state index contributed by atoms with van der Waals surface area (Å²) in [4.78, 5) is 13.2. The molecule has 6 rings (SSSR count). The van der Waals surface area contributed by atoms with Gasteiger partial charge >= 0.3 is 6.18 Å². The predicted molar refractivity (Wildman–Crippen MR) is 127 cm³/mol. The first-order valence-electron chi connectivity index (χ1n) is 10.4. The van der Waals surface area contributed by atoms with Crippen LogP contribution in [0.3, 0.4) is 0 Å². The second-order valence-electron chi connectivity index (χ2n) is 8.10. The average molecular weight is 562 g/mol. The van der Waals surface area contributed by atoms with Crippen LogP contribution in [0.25, 0.3) is 37.6 Å².